The third kappa shape index (κ3) is 6.59. The summed E-state index contributed by atoms with van der Waals surface area (Å²) in [6, 6.07) is 0. The Labute approximate surface area is 117 Å². The van der Waals surface area contributed by atoms with Gasteiger partial charge in [0.05, 0.1) is 6.61 Å². The molecule has 0 heterocycles. The number of hydrogen-bond acceptors (Lipinski definition) is 4. The van der Waals surface area contributed by atoms with E-state index in [1.165, 1.54) is 0 Å². The molecule has 1 unspecified atom stereocenters. The lowest BCUT2D eigenvalue weighted by atomic mass is 10.1. The molecule has 2 N–H and O–H groups in total. The van der Waals surface area contributed by atoms with Crippen LogP contribution in [-0.4, -0.2) is 39.6 Å². The topological polar surface area (TPSA) is 74.6 Å². The van der Waals surface area contributed by atoms with Crippen LogP contribution in [0, 0.1) is 0 Å². The van der Waals surface area contributed by atoms with Crippen molar-refractivity contribution in [1.82, 2.24) is 0 Å². The van der Waals surface area contributed by atoms with Gasteiger partial charge in [0.1, 0.15) is 0 Å². The molecule has 0 fully saturated rings. The molecule has 0 saturated heterocycles. The van der Waals surface area contributed by atoms with Crippen LogP contribution in [0.25, 0.3) is 0 Å². The van der Waals surface area contributed by atoms with E-state index in [-0.39, 0.29) is 24.1 Å². The number of carbonyl (C=O) groups is 2. The SMILES string of the molecule is O=C(O)CCC/C=C\CC1=CC(SCCO)CC1=O. The second-order valence-electron chi connectivity index (χ2n) is 4.41. The van der Waals surface area contributed by atoms with Gasteiger partial charge in [0.25, 0.3) is 0 Å². The lowest BCUT2D eigenvalue weighted by Gasteiger charge is -2.02. The summed E-state index contributed by atoms with van der Waals surface area (Å²) in [5, 5.41) is 17.4. The highest BCUT2D eigenvalue weighted by atomic mass is 32.2. The predicted octanol–water partition coefficient (Wildman–Crippen LogP) is 2.18. The fourth-order valence-corrected chi connectivity index (χ4v) is 2.82. The molecule has 0 aliphatic heterocycles. The number of aliphatic hydroxyl groups excluding tert-OH is 1. The summed E-state index contributed by atoms with van der Waals surface area (Å²) in [6.07, 6.45) is 8.57. The Bertz CT molecular complexity index is 374. The molecule has 1 rings (SSSR count). The number of carbonyl (C=O) groups excluding carboxylic acids is 1. The highest BCUT2D eigenvalue weighted by molar-refractivity contribution is 8.00. The predicted molar refractivity (Wildman–Crippen MR) is 76.3 cm³/mol. The first kappa shape index (κ1) is 16.0. The highest BCUT2D eigenvalue weighted by Gasteiger charge is 2.22. The average molecular weight is 284 g/mol. The lowest BCUT2D eigenvalue weighted by Crippen LogP contribution is -2.01. The zero-order chi connectivity index (χ0) is 14.1. The van der Waals surface area contributed by atoms with Crippen LogP contribution >= 0.6 is 11.8 Å². The fraction of sp³-hybridized carbons (Fsp3) is 0.571. The number of ketones is 1. The number of aliphatic hydroxyl groups is 1. The van der Waals surface area contributed by atoms with E-state index in [1.54, 1.807) is 11.8 Å². The number of carboxylic acid groups (broad SMARTS) is 1. The van der Waals surface area contributed by atoms with Gasteiger partial charge in [-0.15, -0.1) is 0 Å². The molecule has 1 aliphatic carbocycles. The standard InChI is InChI=1S/C14H20O4S/c15-7-8-19-12-9-11(13(16)10-12)5-3-1-2-4-6-14(17)18/h1,3,9,12,15H,2,4-8,10H2,(H,17,18)/b3-1-. The van der Waals surface area contributed by atoms with Crippen molar-refractivity contribution in [3.8, 4) is 0 Å². The number of hydrogen-bond donors (Lipinski definition) is 2. The van der Waals surface area contributed by atoms with E-state index in [0.717, 1.165) is 12.0 Å². The molecule has 0 spiro atoms. The van der Waals surface area contributed by atoms with Crippen LogP contribution in [0.1, 0.15) is 32.1 Å². The Kier molecular flexibility index (Phi) is 7.52. The van der Waals surface area contributed by atoms with Crippen molar-refractivity contribution < 1.29 is 19.8 Å². The molecule has 0 aromatic rings. The van der Waals surface area contributed by atoms with E-state index < -0.39 is 5.97 Å². The van der Waals surface area contributed by atoms with E-state index >= 15 is 0 Å². The second-order valence-corrected chi connectivity index (χ2v) is 5.76. The minimum Gasteiger partial charge on any atom is -0.481 e. The van der Waals surface area contributed by atoms with Crippen LogP contribution in [0.2, 0.25) is 0 Å². The molecule has 1 atom stereocenters. The quantitative estimate of drug-likeness (QED) is 0.501. The first-order valence-corrected chi connectivity index (χ1v) is 7.51. The molecule has 106 valence electrons. The maximum absolute atomic E-state index is 11.7. The third-order valence-electron chi connectivity index (χ3n) is 2.82. The van der Waals surface area contributed by atoms with Crippen molar-refractivity contribution in [1.29, 1.82) is 0 Å². The molecule has 4 nitrogen and oxygen atoms in total. The van der Waals surface area contributed by atoms with Crippen LogP contribution in [0.4, 0.5) is 0 Å². The van der Waals surface area contributed by atoms with Crippen LogP contribution in [-0.2, 0) is 9.59 Å². The Balaban J connectivity index is 2.25. The maximum Gasteiger partial charge on any atom is 0.303 e. The van der Waals surface area contributed by atoms with Crippen LogP contribution in [0.5, 0.6) is 0 Å². The minimum atomic E-state index is -0.772. The van der Waals surface area contributed by atoms with Gasteiger partial charge in [-0.3, -0.25) is 9.59 Å². The molecule has 1 aliphatic rings. The number of carboxylic acids is 1. The first-order valence-electron chi connectivity index (χ1n) is 6.46. The summed E-state index contributed by atoms with van der Waals surface area (Å²) in [6.45, 7) is 0.141. The van der Waals surface area contributed by atoms with Crippen molar-refractivity contribution in [3.05, 3.63) is 23.8 Å². The summed E-state index contributed by atoms with van der Waals surface area (Å²) in [5.74, 6) is 0.0729. The maximum atomic E-state index is 11.7. The van der Waals surface area contributed by atoms with Crippen LogP contribution in [0.15, 0.2) is 23.8 Å². The minimum absolute atomic E-state index is 0.141. The lowest BCUT2D eigenvalue weighted by molar-refractivity contribution is -0.137. The first-order chi connectivity index (χ1) is 9.13. The Hall–Kier alpha value is -1.07. The van der Waals surface area contributed by atoms with Gasteiger partial charge in [-0.25, -0.2) is 0 Å². The second kappa shape index (κ2) is 8.93. The third-order valence-corrected chi connectivity index (χ3v) is 3.97. The van der Waals surface area contributed by atoms with E-state index in [1.807, 2.05) is 18.2 Å². The van der Waals surface area contributed by atoms with Gasteiger partial charge in [-0.1, -0.05) is 18.2 Å². The van der Waals surface area contributed by atoms with Gasteiger partial charge in [-0.2, -0.15) is 11.8 Å². The normalized spacial score (nSPS) is 19.1. The number of thioether (sulfide) groups is 1. The fourth-order valence-electron chi connectivity index (χ4n) is 1.88. The number of unbranched alkanes of at least 4 members (excludes halogenated alkanes) is 1. The Morgan fingerprint density at radius 1 is 1.47 bits per heavy atom. The number of rotatable bonds is 9. The molecule has 5 heteroatoms. The Morgan fingerprint density at radius 2 is 2.26 bits per heavy atom. The molecule has 0 aromatic heterocycles. The molecule has 19 heavy (non-hydrogen) atoms. The number of allylic oxidation sites excluding steroid dienone is 3. The monoisotopic (exact) mass is 284 g/mol. The smallest absolute Gasteiger partial charge is 0.303 e. The largest absolute Gasteiger partial charge is 0.481 e. The van der Waals surface area contributed by atoms with Gasteiger partial charge < -0.3 is 10.2 Å². The molecule has 0 amide bonds. The van der Waals surface area contributed by atoms with Crippen molar-refractivity contribution in [3.63, 3.8) is 0 Å². The van der Waals surface area contributed by atoms with Crippen molar-refractivity contribution in [2.75, 3.05) is 12.4 Å². The van der Waals surface area contributed by atoms with Crippen molar-refractivity contribution >= 4 is 23.5 Å². The van der Waals surface area contributed by atoms with E-state index in [4.69, 9.17) is 10.2 Å². The summed E-state index contributed by atoms with van der Waals surface area (Å²) in [5.41, 5.74) is 0.838. The van der Waals surface area contributed by atoms with Gasteiger partial charge in [0, 0.05) is 23.8 Å². The highest BCUT2D eigenvalue weighted by Crippen LogP contribution is 2.27. The zero-order valence-electron chi connectivity index (χ0n) is 10.9. The molecule has 0 aromatic carbocycles. The molecule has 0 bridgehead atoms. The van der Waals surface area contributed by atoms with Gasteiger partial charge in [0.2, 0.25) is 0 Å². The van der Waals surface area contributed by atoms with Crippen LogP contribution < -0.4 is 0 Å². The summed E-state index contributed by atoms with van der Waals surface area (Å²) in [4.78, 5) is 22.0. The molecular weight excluding hydrogens is 264 g/mol. The summed E-state index contributed by atoms with van der Waals surface area (Å²) < 4.78 is 0. The molecular formula is C14H20O4S. The summed E-state index contributed by atoms with van der Waals surface area (Å²) >= 11 is 1.61. The van der Waals surface area contributed by atoms with Gasteiger partial charge in [-0.05, 0) is 24.8 Å². The molecule has 0 saturated carbocycles. The van der Waals surface area contributed by atoms with E-state index in [0.29, 0.717) is 25.0 Å². The molecule has 0 radical (unpaired) electrons. The van der Waals surface area contributed by atoms with Gasteiger partial charge >= 0.3 is 5.97 Å². The van der Waals surface area contributed by atoms with Crippen molar-refractivity contribution in [2.24, 2.45) is 0 Å². The number of aliphatic carboxylic acids is 1. The zero-order valence-corrected chi connectivity index (χ0v) is 11.7. The van der Waals surface area contributed by atoms with E-state index in [9.17, 15) is 9.59 Å². The number of Topliss-reactive ketones (excluding diaryl/α,β-unsaturated/α-hetero) is 1. The Morgan fingerprint density at radius 3 is 2.95 bits per heavy atom. The van der Waals surface area contributed by atoms with Crippen LogP contribution in [0.3, 0.4) is 0 Å². The van der Waals surface area contributed by atoms with Gasteiger partial charge in [0.15, 0.2) is 5.78 Å². The van der Waals surface area contributed by atoms with E-state index in [2.05, 4.69) is 0 Å². The van der Waals surface area contributed by atoms with Crippen molar-refractivity contribution in [2.45, 2.75) is 37.4 Å². The summed E-state index contributed by atoms with van der Waals surface area (Å²) in [7, 11) is 0. The average Bonchev–Trinajstić information content (AvgIpc) is 2.71.